The molecule has 3 aromatic heterocycles. The molecule has 1 aliphatic rings. The third kappa shape index (κ3) is 4.25. The van der Waals surface area contributed by atoms with Crippen molar-refractivity contribution in [3.05, 3.63) is 104 Å². The molecular formula is C34H29N5S2. The number of allylic oxidation sites excluding steroid dienone is 1. The Morgan fingerprint density at radius 1 is 0.976 bits per heavy atom. The summed E-state index contributed by atoms with van der Waals surface area (Å²) in [6.45, 7) is 22.4. The smallest absolute Gasteiger partial charge is 0.263 e. The molecule has 0 spiro atoms. The Labute approximate surface area is 248 Å². The van der Waals surface area contributed by atoms with Crippen LogP contribution in [0.1, 0.15) is 57.8 Å². The van der Waals surface area contributed by atoms with Crippen molar-refractivity contribution in [1.29, 1.82) is 5.26 Å². The van der Waals surface area contributed by atoms with Crippen molar-refractivity contribution in [2.45, 2.75) is 53.9 Å². The normalized spacial score (nSPS) is 13.5. The fourth-order valence-electron chi connectivity index (χ4n) is 5.56. The maximum atomic E-state index is 9.23. The molecule has 2 aromatic carbocycles. The van der Waals surface area contributed by atoms with Gasteiger partial charge in [-0.15, -0.1) is 22.7 Å². The topological polar surface area (TPSA) is 57.2 Å². The van der Waals surface area contributed by atoms with Crippen LogP contribution in [0.5, 0.6) is 0 Å². The van der Waals surface area contributed by atoms with Gasteiger partial charge < -0.3 is 0 Å². The zero-order chi connectivity index (χ0) is 29.2. The number of fused-ring (bicyclic) bond motifs is 5. The summed E-state index contributed by atoms with van der Waals surface area (Å²) < 4.78 is 2.33. The lowest BCUT2D eigenvalue weighted by molar-refractivity contribution is 0.641. The summed E-state index contributed by atoms with van der Waals surface area (Å²) in [4.78, 5) is 18.0. The van der Waals surface area contributed by atoms with Gasteiger partial charge in [-0.05, 0) is 113 Å². The van der Waals surface area contributed by atoms with E-state index in [0.29, 0.717) is 0 Å². The molecule has 0 unspecified atom stereocenters. The van der Waals surface area contributed by atoms with Gasteiger partial charge in [0, 0.05) is 31.9 Å². The Hall–Kier alpha value is -4.30. The van der Waals surface area contributed by atoms with Crippen LogP contribution in [0.3, 0.4) is 0 Å². The minimum Gasteiger partial charge on any atom is -0.294 e. The minimum atomic E-state index is -0.358. The lowest BCUT2D eigenvalue weighted by atomic mass is 9.86. The molecule has 0 saturated heterocycles. The van der Waals surface area contributed by atoms with Crippen molar-refractivity contribution < 1.29 is 0 Å². The highest BCUT2D eigenvalue weighted by molar-refractivity contribution is 7.30. The summed E-state index contributed by atoms with van der Waals surface area (Å²) >= 11 is 3.34. The van der Waals surface area contributed by atoms with Gasteiger partial charge in [-0.3, -0.25) is 4.90 Å². The van der Waals surface area contributed by atoms with Crippen molar-refractivity contribution >= 4 is 55.3 Å². The molecule has 5 nitrogen and oxygen atoms in total. The number of benzene rings is 2. The highest BCUT2D eigenvalue weighted by Gasteiger charge is 2.42. The second kappa shape index (κ2) is 9.66. The predicted octanol–water partition coefficient (Wildman–Crippen LogP) is 9.85. The lowest BCUT2D eigenvalue weighted by Crippen LogP contribution is -2.20. The molecule has 0 N–H and O–H groups in total. The first-order chi connectivity index (χ1) is 19.5. The Morgan fingerprint density at radius 3 is 2.34 bits per heavy atom. The van der Waals surface area contributed by atoms with Gasteiger partial charge in [0.05, 0.1) is 34.1 Å². The van der Waals surface area contributed by atoms with Crippen molar-refractivity contribution in [3.8, 4) is 16.6 Å². The van der Waals surface area contributed by atoms with Gasteiger partial charge in [0.25, 0.3) is 5.70 Å². The Balaban J connectivity index is 1.52. The van der Waals surface area contributed by atoms with E-state index in [1.165, 1.54) is 38.1 Å². The fraction of sp³-hybridized carbons (Fsp3) is 0.235. The van der Waals surface area contributed by atoms with Crippen molar-refractivity contribution in [2.24, 2.45) is 0 Å². The van der Waals surface area contributed by atoms with Crippen LogP contribution in [0, 0.1) is 52.5 Å². The number of hydrogen-bond donors (Lipinski definition) is 0. The molecule has 0 fully saturated rings. The largest absolute Gasteiger partial charge is 0.294 e. The van der Waals surface area contributed by atoms with E-state index in [9.17, 15) is 5.26 Å². The maximum Gasteiger partial charge on any atom is 0.263 e. The van der Waals surface area contributed by atoms with Gasteiger partial charge in [-0.2, -0.15) is 0 Å². The zero-order valence-corrected chi connectivity index (χ0v) is 25.8. The number of thiophene rings is 2. The first-order valence-electron chi connectivity index (χ1n) is 13.4. The summed E-state index contributed by atoms with van der Waals surface area (Å²) in [6.07, 6.45) is 3.58. The maximum absolute atomic E-state index is 9.23. The summed E-state index contributed by atoms with van der Waals surface area (Å²) in [5, 5.41) is 9.23. The SMILES string of the molecule is [C-]#[N+]/C(C#N)=C\c1cc2sc3c(c2s1)C(C)(C)c1nc(N(c2ccc(C)c(C)c2)c2cc(C)c(C)c(C)c2)cnc1-3. The average Bonchev–Trinajstić information content (AvgIpc) is 3.55. The number of rotatable bonds is 4. The van der Waals surface area contributed by atoms with Crippen LogP contribution < -0.4 is 4.90 Å². The molecule has 0 amide bonds. The van der Waals surface area contributed by atoms with Crippen LogP contribution in [-0.2, 0) is 5.41 Å². The van der Waals surface area contributed by atoms with Crippen LogP contribution in [-0.4, -0.2) is 9.97 Å². The Morgan fingerprint density at radius 2 is 1.68 bits per heavy atom. The molecule has 0 saturated carbocycles. The Bertz CT molecular complexity index is 1970. The molecule has 7 heteroatoms. The number of aromatic nitrogens is 2. The van der Waals surface area contributed by atoms with E-state index in [0.717, 1.165) is 43.0 Å². The van der Waals surface area contributed by atoms with Gasteiger partial charge >= 0.3 is 0 Å². The number of aryl methyl sites for hydroxylation is 4. The fourth-order valence-corrected chi connectivity index (χ4v) is 8.46. The van der Waals surface area contributed by atoms with E-state index in [-0.39, 0.29) is 11.1 Å². The van der Waals surface area contributed by atoms with Crippen molar-refractivity contribution in [3.63, 3.8) is 0 Å². The van der Waals surface area contributed by atoms with Crippen molar-refractivity contribution in [1.82, 2.24) is 9.97 Å². The van der Waals surface area contributed by atoms with E-state index < -0.39 is 0 Å². The quantitative estimate of drug-likeness (QED) is 0.159. The van der Waals surface area contributed by atoms with Crippen LogP contribution >= 0.6 is 22.7 Å². The highest BCUT2D eigenvalue weighted by Crippen LogP contribution is 2.56. The van der Waals surface area contributed by atoms with Gasteiger partial charge in [-0.25, -0.2) is 20.1 Å². The predicted molar refractivity (Wildman–Crippen MR) is 171 cm³/mol. The molecule has 202 valence electrons. The minimum absolute atomic E-state index is 0.0964. The van der Waals surface area contributed by atoms with Gasteiger partial charge in [0.2, 0.25) is 0 Å². The van der Waals surface area contributed by atoms with Crippen LogP contribution in [0.15, 0.2) is 48.3 Å². The molecule has 0 radical (unpaired) electrons. The number of anilines is 3. The third-order valence-electron chi connectivity index (χ3n) is 8.24. The van der Waals surface area contributed by atoms with E-state index in [1.54, 1.807) is 28.7 Å². The lowest BCUT2D eigenvalue weighted by Gasteiger charge is -2.28. The molecule has 0 aliphatic heterocycles. The third-order valence-corrected chi connectivity index (χ3v) is 10.6. The number of nitriles is 1. The highest BCUT2D eigenvalue weighted by atomic mass is 32.1. The molecule has 1 aliphatic carbocycles. The van der Waals surface area contributed by atoms with E-state index in [2.05, 4.69) is 94.6 Å². The molecule has 6 rings (SSSR count). The number of hydrogen-bond acceptors (Lipinski definition) is 6. The van der Waals surface area contributed by atoms with Gasteiger partial charge in [0.1, 0.15) is 5.69 Å². The monoisotopic (exact) mass is 571 g/mol. The molecular weight excluding hydrogens is 543 g/mol. The summed E-state index contributed by atoms with van der Waals surface area (Å²) in [5.74, 6) is 0.791. The van der Waals surface area contributed by atoms with Crippen LogP contribution in [0.2, 0.25) is 0 Å². The first-order valence-corrected chi connectivity index (χ1v) is 15.1. The molecule has 41 heavy (non-hydrogen) atoms. The zero-order valence-electron chi connectivity index (χ0n) is 24.2. The Kier molecular flexibility index (Phi) is 6.34. The molecule has 5 aromatic rings. The van der Waals surface area contributed by atoms with Gasteiger partial charge in [0.15, 0.2) is 5.82 Å². The average molecular weight is 572 g/mol. The summed E-state index contributed by atoms with van der Waals surface area (Å²) in [6, 6.07) is 15.1. The van der Waals surface area contributed by atoms with Crippen LogP contribution in [0.25, 0.3) is 30.9 Å². The second-order valence-electron chi connectivity index (χ2n) is 11.3. The summed E-state index contributed by atoms with van der Waals surface area (Å²) in [5.41, 5.74) is 11.3. The second-order valence-corrected chi connectivity index (χ2v) is 13.4. The molecule has 3 heterocycles. The van der Waals surface area contributed by atoms with Crippen LogP contribution in [0.4, 0.5) is 17.2 Å². The molecule has 0 atom stereocenters. The van der Waals surface area contributed by atoms with Crippen molar-refractivity contribution in [2.75, 3.05) is 4.90 Å². The van der Waals surface area contributed by atoms with E-state index >= 15 is 0 Å². The molecule has 0 bridgehead atoms. The standard InChI is InChI=1S/C34H29N5S2/c1-18-9-10-24(11-19(18)2)39(25-12-20(3)22(5)21(4)13-25)28-17-37-30-32-29(34(6,7)33(30)38-28)31-27(41-32)15-26(40-31)14-23(16-35)36-8/h9-15,17H,1-7H3/b23-14-. The number of nitrogens with zero attached hydrogens (tertiary/aromatic N) is 5. The van der Waals surface area contributed by atoms with E-state index in [4.69, 9.17) is 16.5 Å². The van der Waals surface area contributed by atoms with Gasteiger partial charge in [-0.1, -0.05) is 6.07 Å². The van der Waals surface area contributed by atoms with E-state index in [1.807, 2.05) is 12.3 Å². The first kappa shape index (κ1) is 26.9. The summed E-state index contributed by atoms with van der Waals surface area (Å²) in [7, 11) is 0.